The number of ether oxygens (including phenoxy) is 1. The fourth-order valence-corrected chi connectivity index (χ4v) is 3.11. The quantitative estimate of drug-likeness (QED) is 0.679. The van der Waals surface area contributed by atoms with Crippen LogP contribution in [0.15, 0.2) is 35.7 Å². The van der Waals surface area contributed by atoms with Gasteiger partial charge in [0.05, 0.1) is 17.7 Å². The summed E-state index contributed by atoms with van der Waals surface area (Å²) in [5.74, 6) is 0.835. The zero-order valence-corrected chi connectivity index (χ0v) is 12.0. The third-order valence-corrected chi connectivity index (χ3v) is 4.21. The van der Waals surface area contributed by atoms with Crippen LogP contribution in [0.5, 0.6) is 5.75 Å². The third-order valence-electron chi connectivity index (χ3n) is 3.32. The van der Waals surface area contributed by atoms with Crippen LogP contribution in [-0.2, 0) is 0 Å². The van der Waals surface area contributed by atoms with E-state index in [9.17, 15) is 0 Å². The molecule has 19 heavy (non-hydrogen) atoms. The van der Waals surface area contributed by atoms with E-state index < -0.39 is 0 Å². The molecular formula is C16H15NOS. The van der Waals surface area contributed by atoms with E-state index in [1.807, 2.05) is 6.07 Å². The van der Waals surface area contributed by atoms with Crippen molar-refractivity contribution in [1.29, 1.82) is 0 Å². The molecule has 0 aliphatic carbocycles. The van der Waals surface area contributed by atoms with Crippen molar-refractivity contribution in [2.45, 2.75) is 13.8 Å². The number of rotatable bonds is 2. The van der Waals surface area contributed by atoms with Gasteiger partial charge in [-0.05, 0) is 48.6 Å². The highest BCUT2D eigenvalue weighted by Gasteiger charge is 2.11. The van der Waals surface area contributed by atoms with E-state index in [1.165, 1.54) is 21.4 Å². The molecule has 0 fully saturated rings. The second-order valence-electron chi connectivity index (χ2n) is 4.61. The summed E-state index contributed by atoms with van der Waals surface area (Å²) in [6.07, 6.45) is 0. The molecule has 3 aromatic rings. The highest BCUT2D eigenvalue weighted by molar-refractivity contribution is 7.13. The van der Waals surface area contributed by atoms with Crippen molar-refractivity contribution in [3.05, 3.63) is 46.8 Å². The number of aryl methyl sites for hydroxylation is 2. The predicted octanol–water partition coefficient (Wildman–Crippen LogP) is 4.59. The molecule has 0 saturated heterocycles. The van der Waals surface area contributed by atoms with Gasteiger partial charge in [0, 0.05) is 5.39 Å². The molecule has 0 aliphatic rings. The number of fused-ring (bicyclic) bond motifs is 1. The largest absolute Gasteiger partial charge is 0.494 e. The number of methoxy groups -OCH3 is 1. The Kier molecular flexibility index (Phi) is 2.99. The van der Waals surface area contributed by atoms with Gasteiger partial charge in [0.1, 0.15) is 11.3 Å². The van der Waals surface area contributed by atoms with Gasteiger partial charge in [0.25, 0.3) is 0 Å². The van der Waals surface area contributed by atoms with Crippen LogP contribution in [0.3, 0.4) is 0 Å². The Morgan fingerprint density at radius 2 is 1.95 bits per heavy atom. The molecule has 2 aromatic heterocycles. The van der Waals surface area contributed by atoms with Gasteiger partial charge in [-0.2, -0.15) is 0 Å². The number of nitrogens with zero attached hydrogens (tertiary/aromatic N) is 1. The maximum Gasteiger partial charge on any atom is 0.145 e. The van der Waals surface area contributed by atoms with Crippen LogP contribution in [0.4, 0.5) is 0 Å². The molecule has 0 unspecified atom stereocenters. The minimum absolute atomic E-state index is 0.835. The van der Waals surface area contributed by atoms with Crippen molar-refractivity contribution < 1.29 is 4.74 Å². The van der Waals surface area contributed by atoms with Gasteiger partial charge in [-0.25, -0.2) is 4.98 Å². The van der Waals surface area contributed by atoms with E-state index in [0.717, 1.165) is 17.0 Å². The van der Waals surface area contributed by atoms with Crippen LogP contribution in [0, 0.1) is 13.8 Å². The normalized spacial score (nSPS) is 10.9. The fourth-order valence-electron chi connectivity index (χ4n) is 2.43. The lowest BCUT2D eigenvalue weighted by Gasteiger charge is -2.11. The summed E-state index contributed by atoms with van der Waals surface area (Å²) < 4.78 is 5.45. The Morgan fingerprint density at radius 3 is 2.63 bits per heavy atom. The minimum Gasteiger partial charge on any atom is -0.494 e. The van der Waals surface area contributed by atoms with Crippen LogP contribution in [0.1, 0.15) is 11.1 Å². The van der Waals surface area contributed by atoms with Crippen molar-refractivity contribution in [2.75, 3.05) is 7.11 Å². The summed E-state index contributed by atoms with van der Waals surface area (Å²) >= 11 is 1.71. The van der Waals surface area contributed by atoms with Crippen LogP contribution < -0.4 is 4.74 Å². The van der Waals surface area contributed by atoms with Gasteiger partial charge in [-0.15, -0.1) is 11.3 Å². The number of aromatic nitrogens is 1. The minimum atomic E-state index is 0.835. The molecule has 0 spiro atoms. The summed E-state index contributed by atoms with van der Waals surface area (Å²) in [6.45, 7) is 4.24. The standard InChI is InChI=1S/C16H15NOS/c1-10-6-7-13(18-3)16-15(10)11(2)9-12(17-16)14-5-4-8-19-14/h4-9H,1-3H3. The summed E-state index contributed by atoms with van der Waals surface area (Å²) in [4.78, 5) is 5.98. The van der Waals surface area contributed by atoms with Crippen molar-refractivity contribution in [2.24, 2.45) is 0 Å². The molecule has 0 N–H and O–H groups in total. The maximum atomic E-state index is 5.45. The molecule has 2 heterocycles. The van der Waals surface area contributed by atoms with Gasteiger partial charge in [0.2, 0.25) is 0 Å². The maximum absolute atomic E-state index is 5.45. The first kappa shape index (κ1) is 12.2. The Balaban J connectivity index is 2.36. The lowest BCUT2D eigenvalue weighted by atomic mass is 10.0. The zero-order valence-electron chi connectivity index (χ0n) is 11.2. The third kappa shape index (κ3) is 2.00. The lowest BCUT2D eigenvalue weighted by molar-refractivity contribution is 0.419. The molecular weight excluding hydrogens is 254 g/mol. The fraction of sp³-hybridized carbons (Fsp3) is 0.188. The van der Waals surface area contributed by atoms with E-state index in [-0.39, 0.29) is 0 Å². The molecule has 0 bridgehead atoms. The summed E-state index contributed by atoms with van der Waals surface area (Å²) in [6, 6.07) is 10.4. The van der Waals surface area contributed by atoms with Crippen molar-refractivity contribution in [1.82, 2.24) is 4.98 Å². The molecule has 3 heteroatoms. The summed E-state index contributed by atoms with van der Waals surface area (Å²) in [7, 11) is 1.69. The monoisotopic (exact) mass is 269 g/mol. The number of hydrogen-bond acceptors (Lipinski definition) is 3. The van der Waals surface area contributed by atoms with Gasteiger partial charge >= 0.3 is 0 Å². The topological polar surface area (TPSA) is 22.1 Å². The van der Waals surface area contributed by atoms with Crippen LogP contribution in [0.2, 0.25) is 0 Å². The van der Waals surface area contributed by atoms with Crippen LogP contribution in [-0.4, -0.2) is 12.1 Å². The first-order valence-corrected chi connectivity index (χ1v) is 7.07. The van der Waals surface area contributed by atoms with E-state index in [4.69, 9.17) is 9.72 Å². The molecule has 0 amide bonds. The number of hydrogen-bond donors (Lipinski definition) is 0. The molecule has 1 aromatic carbocycles. The smallest absolute Gasteiger partial charge is 0.145 e. The van der Waals surface area contributed by atoms with Gasteiger partial charge in [-0.3, -0.25) is 0 Å². The zero-order chi connectivity index (χ0) is 13.4. The van der Waals surface area contributed by atoms with Crippen molar-refractivity contribution >= 4 is 22.2 Å². The van der Waals surface area contributed by atoms with E-state index in [1.54, 1.807) is 18.4 Å². The Bertz CT molecular complexity index is 732. The molecule has 0 saturated carbocycles. The van der Waals surface area contributed by atoms with Crippen molar-refractivity contribution in [3.63, 3.8) is 0 Å². The van der Waals surface area contributed by atoms with Crippen molar-refractivity contribution in [3.8, 4) is 16.3 Å². The summed E-state index contributed by atoms with van der Waals surface area (Å²) in [5, 5.41) is 3.27. The Hall–Kier alpha value is -1.87. The predicted molar refractivity (Wildman–Crippen MR) is 81.1 cm³/mol. The van der Waals surface area contributed by atoms with Gasteiger partial charge in [-0.1, -0.05) is 12.1 Å². The van der Waals surface area contributed by atoms with Gasteiger partial charge in [0.15, 0.2) is 0 Å². The van der Waals surface area contributed by atoms with E-state index in [0.29, 0.717) is 0 Å². The molecule has 0 atom stereocenters. The summed E-state index contributed by atoms with van der Waals surface area (Å²) in [5.41, 5.74) is 4.44. The van der Waals surface area contributed by atoms with Crippen LogP contribution >= 0.6 is 11.3 Å². The lowest BCUT2D eigenvalue weighted by Crippen LogP contribution is -1.93. The molecule has 2 nitrogen and oxygen atoms in total. The number of pyridine rings is 1. The molecule has 96 valence electrons. The highest BCUT2D eigenvalue weighted by Crippen LogP contribution is 2.33. The van der Waals surface area contributed by atoms with E-state index in [2.05, 4.69) is 43.5 Å². The Morgan fingerprint density at radius 1 is 1.11 bits per heavy atom. The highest BCUT2D eigenvalue weighted by atomic mass is 32.1. The first-order valence-electron chi connectivity index (χ1n) is 6.19. The van der Waals surface area contributed by atoms with E-state index >= 15 is 0 Å². The Labute approximate surface area is 116 Å². The first-order chi connectivity index (χ1) is 9.20. The molecule has 3 rings (SSSR count). The SMILES string of the molecule is COc1ccc(C)c2c(C)cc(-c3cccs3)nc12. The second kappa shape index (κ2) is 4.67. The molecule has 0 aliphatic heterocycles. The average Bonchev–Trinajstić information content (AvgIpc) is 2.92. The van der Waals surface area contributed by atoms with Gasteiger partial charge < -0.3 is 4.74 Å². The number of benzene rings is 1. The number of thiophene rings is 1. The molecule has 0 radical (unpaired) electrons. The second-order valence-corrected chi connectivity index (χ2v) is 5.56. The average molecular weight is 269 g/mol. The van der Waals surface area contributed by atoms with Crippen LogP contribution in [0.25, 0.3) is 21.5 Å².